The van der Waals surface area contributed by atoms with Gasteiger partial charge in [0, 0.05) is 0 Å². The molecule has 12 heavy (non-hydrogen) atoms. The van der Waals surface area contributed by atoms with E-state index in [1.807, 2.05) is 6.26 Å². The Morgan fingerprint density at radius 2 is 2.17 bits per heavy atom. The average molecular weight is 203 g/mol. The second-order valence-electron chi connectivity index (χ2n) is 2.10. The summed E-state index contributed by atoms with van der Waals surface area (Å²) in [5, 5.41) is 0.851. The monoisotopic (exact) mass is 202 g/mol. The summed E-state index contributed by atoms with van der Waals surface area (Å²) in [5.41, 5.74) is 0.370. The summed E-state index contributed by atoms with van der Waals surface area (Å²) in [6.45, 7) is 1.74. The van der Waals surface area contributed by atoms with Crippen molar-refractivity contribution in [2.45, 2.75) is 11.9 Å². The molecule has 0 saturated carbocycles. The molecule has 0 bridgehead atoms. The fourth-order valence-electron chi connectivity index (χ4n) is 0.777. The second-order valence-corrected chi connectivity index (χ2v) is 3.26. The Balaban J connectivity index is 3.33. The summed E-state index contributed by atoms with van der Waals surface area (Å²) in [6, 6.07) is 0. The largest absolute Gasteiger partial charge is 0.298 e. The summed E-state index contributed by atoms with van der Waals surface area (Å²) in [4.78, 5) is 18.5. The van der Waals surface area contributed by atoms with Crippen LogP contribution in [-0.2, 0) is 0 Å². The Bertz CT molecular complexity index is 317. The molecule has 3 nitrogen and oxygen atoms in total. The molecule has 0 radical (unpaired) electrons. The average Bonchev–Trinajstić information content (AvgIpc) is 2.03. The standard InChI is InChI=1S/C7H7ClN2OS/c1-4-9-6(8)5(3-11)7(10-4)12-2/h3H,1-2H3. The molecule has 0 spiro atoms. The van der Waals surface area contributed by atoms with Crippen LogP contribution in [0.15, 0.2) is 5.03 Å². The van der Waals surface area contributed by atoms with Crippen molar-refractivity contribution in [2.24, 2.45) is 0 Å². The van der Waals surface area contributed by atoms with E-state index in [0.29, 0.717) is 22.7 Å². The molecule has 0 aliphatic rings. The molecule has 0 aliphatic carbocycles. The SMILES string of the molecule is CSc1nc(C)nc(Cl)c1C=O. The van der Waals surface area contributed by atoms with Crippen LogP contribution in [0.4, 0.5) is 0 Å². The van der Waals surface area contributed by atoms with E-state index in [1.54, 1.807) is 6.92 Å². The van der Waals surface area contributed by atoms with Crippen molar-refractivity contribution in [1.29, 1.82) is 0 Å². The van der Waals surface area contributed by atoms with Gasteiger partial charge >= 0.3 is 0 Å². The third-order valence-electron chi connectivity index (χ3n) is 1.29. The maximum atomic E-state index is 10.5. The first-order valence-electron chi connectivity index (χ1n) is 3.22. The van der Waals surface area contributed by atoms with Crippen LogP contribution in [0.1, 0.15) is 16.2 Å². The second kappa shape index (κ2) is 3.87. The zero-order chi connectivity index (χ0) is 9.14. The van der Waals surface area contributed by atoms with E-state index in [0.717, 1.165) is 0 Å². The van der Waals surface area contributed by atoms with Gasteiger partial charge in [-0.25, -0.2) is 9.97 Å². The summed E-state index contributed by atoms with van der Waals surface area (Å²) in [5.74, 6) is 0.579. The highest BCUT2D eigenvalue weighted by Crippen LogP contribution is 2.21. The zero-order valence-corrected chi connectivity index (χ0v) is 8.24. The fraction of sp³-hybridized carbons (Fsp3) is 0.286. The van der Waals surface area contributed by atoms with Crippen LogP contribution in [-0.4, -0.2) is 22.5 Å². The van der Waals surface area contributed by atoms with E-state index in [2.05, 4.69) is 9.97 Å². The van der Waals surface area contributed by atoms with Crippen LogP contribution in [0.3, 0.4) is 0 Å². The molecule has 0 N–H and O–H groups in total. The third-order valence-corrected chi connectivity index (χ3v) is 2.27. The zero-order valence-electron chi connectivity index (χ0n) is 6.67. The topological polar surface area (TPSA) is 42.9 Å². The van der Waals surface area contributed by atoms with Gasteiger partial charge in [-0.3, -0.25) is 4.79 Å². The van der Waals surface area contributed by atoms with Crippen molar-refractivity contribution < 1.29 is 4.79 Å². The van der Waals surface area contributed by atoms with Crippen LogP contribution < -0.4 is 0 Å². The lowest BCUT2D eigenvalue weighted by Gasteiger charge is -2.02. The first-order valence-corrected chi connectivity index (χ1v) is 4.82. The van der Waals surface area contributed by atoms with Gasteiger partial charge in [0.15, 0.2) is 6.29 Å². The number of aryl methyl sites for hydroxylation is 1. The van der Waals surface area contributed by atoms with Gasteiger partial charge in [-0.05, 0) is 13.2 Å². The fourth-order valence-corrected chi connectivity index (χ4v) is 1.68. The molecule has 0 aromatic carbocycles. The number of thioether (sulfide) groups is 1. The minimum Gasteiger partial charge on any atom is -0.298 e. The number of carbonyl (C=O) groups excluding carboxylic acids is 1. The number of hydrogen-bond donors (Lipinski definition) is 0. The number of aromatic nitrogens is 2. The van der Waals surface area contributed by atoms with E-state index < -0.39 is 0 Å². The number of rotatable bonds is 2. The molecular formula is C7H7ClN2OS. The maximum Gasteiger partial charge on any atom is 0.155 e. The van der Waals surface area contributed by atoms with Gasteiger partial charge in [-0.2, -0.15) is 0 Å². The maximum absolute atomic E-state index is 10.5. The molecule has 0 aliphatic heterocycles. The Labute approximate surface area is 79.6 Å². The van der Waals surface area contributed by atoms with Crippen LogP contribution in [0.5, 0.6) is 0 Å². The van der Waals surface area contributed by atoms with Crippen molar-refractivity contribution >= 4 is 29.6 Å². The van der Waals surface area contributed by atoms with E-state index in [1.165, 1.54) is 11.8 Å². The van der Waals surface area contributed by atoms with Crippen LogP contribution in [0.2, 0.25) is 5.15 Å². The first-order chi connectivity index (χ1) is 5.69. The molecule has 0 atom stereocenters. The normalized spacial score (nSPS) is 9.92. The Morgan fingerprint density at radius 3 is 2.67 bits per heavy atom. The summed E-state index contributed by atoms with van der Waals surface area (Å²) >= 11 is 7.10. The molecule has 1 heterocycles. The molecule has 64 valence electrons. The minimum atomic E-state index is 0.224. The number of halogens is 1. The predicted octanol–water partition coefficient (Wildman–Crippen LogP) is 1.97. The molecule has 0 saturated heterocycles. The third kappa shape index (κ3) is 1.76. The summed E-state index contributed by atoms with van der Waals surface area (Å²) in [6.07, 6.45) is 2.51. The van der Waals surface area contributed by atoms with Gasteiger partial charge in [0.2, 0.25) is 0 Å². The lowest BCUT2D eigenvalue weighted by Crippen LogP contribution is -1.97. The molecule has 1 rings (SSSR count). The van der Waals surface area contributed by atoms with Crippen molar-refractivity contribution in [1.82, 2.24) is 9.97 Å². The van der Waals surface area contributed by atoms with E-state index in [9.17, 15) is 4.79 Å². The number of hydrogen-bond acceptors (Lipinski definition) is 4. The highest BCUT2D eigenvalue weighted by Gasteiger charge is 2.09. The molecule has 0 amide bonds. The molecule has 1 aromatic rings. The quantitative estimate of drug-likeness (QED) is 0.418. The highest BCUT2D eigenvalue weighted by molar-refractivity contribution is 7.98. The Kier molecular flexibility index (Phi) is 3.05. The van der Waals surface area contributed by atoms with Crippen molar-refractivity contribution in [3.8, 4) is 0 Å². The van der Waals surface area contributed by atoms with Crippen LogP contribution >= 0.6 is 23.4 Å². The highest BCUT2D eigenvalue weighted by atomic mass is 35.5. The van der Waals surface area contributed by atoms with E-state index in [-0.39, 0.29) is 5.15 Å². The lowest BCUT2D eigenvalue weighted by molar-refractivity contribution is 0.112. The van der Waals surface area contributed by atoms with Crippen molar-refractivity contribution in [2.75, 3.05) is 6.26 Å². The molecule has 0 fully saturated rings. The predicted molar refractivity (Wildman–Crippen MR) is 48.9 cm³/mol. The van der Waals surface area contributed by atoms with Crippen LogP contribution in [0, 0.1) is 6.92 Å². The molecule has 5 heteroatoms. The van der Waals surface area contributed by atoms with Gasteiger partial charge < -0.3 is 0 Å². The summed E-state index contributed by atoms with van der Waals surface area (Å²) in [7, 11) is 0. The van der Waals surface area contributed by atoms with Crippen LogP contribution in [0.25, 0.3) is 0 Å². The van der Waals surface area contributed by atoms with Gasteiger partial charge in [0.05, 0.1) is 5.56 Å². The van der Waals surface area contributed by atoms with Gasteiger partial charge in [0.25, 0.3) is 0 Å². The first kappa shape index (κ1) is 9.48. The molecular weight excluding hydrogens is 196 g/mol. The van der Waals surface area contributed by atoms with E-state index in [4.69, 9.17) is 11.6 Å². The number of nitrogens with zero attached hydrogens (tertiary/aromatic N) is 2. The van der Waals surface area contributed by atoms with Crippen molar-refractivity contribution in [3.63, 3.8) is 0 Å². The summed E-state index contributed by atoms with van der Waals surface area (Å²) < 4.78 is 0. The van der Waals surface area contributed by atoms with Gasteiger partial charge in [0.1, 0.15) is 16.0 Å². The van der Waals surface area contributed by atoms with E-state index >= 15 is 0 Å². The number of carbonyl (C=O) groups is 1. The molecule has 0 unspecified atom stereocenters. The smallest absolute Gasteiger partial charge is 0.155 e. The van der Waals surface area contributed by atoms with Crippen molar-refractivity contribution in [3.05, 3.63) is 16.5 Å². The lowest BCUT2D eigenvalue weighted by atomic mass is 10.4. The molecule has 1 aromatic heterocycles. The Morgan fingerprint density at radius 1 is 1.50 bits per heavy atom. The number of aldehydes is 1. The Hall–Kier alpha value is -0.610. The van der Waals surface area contributed by atoms with Gasteiger partial charge in [-0.1, -0.05) is 11.6 Å². The minimum absolute atomic E-state index is 0.224. The van der Waals surface area contributed by atoms with Gasteiger partial charge in [-0.15, -0.1) is 11.8 Å².